The summed E-state index contributed by atoms with van der Waals surface area (Å²) in [5.41, 5.74) is 2.70. The summed E-state index contributed by atoms with van der Waals surface area (Å²) in [6, 6.07) is 8.96. The van der Waals surface area contributed by atoms with Crippen LogP contribution in [-0.2, 0) is 17.8 Å². The summed E-state index contributed by atoms with van der Waals surface area (Å²) < 4.78 is 5.42. The molecule has 0 saturated carbocycles. The van der Waals surface area contributed by atoms with Gasteiger partial charge in [-0.2, -0.15) is 0 Å². The Morgan fingerprint density at radius 3 is 2.45 bits per heavy atom. The number of ether oxygens (including phenoxy) is 1. The van der Waals surface area contributed by atoms with Crippen molar-refractivity contribution in [1.82, 2.24) is 20.4 Å². The molecule has 7 heteroatoms. The highest BCUT2D eigenvalue weighted by molar-refractivity contribution is 14.0. The Morgan fingerprint density at radius 1 is 0.968 bits per heavy atom. The van der Waals surface area contributed by atoms with Gasteiger partial charge in [0, 0.05) is 32.7 Å². The van der Waals surface area contributed by atoms with E-state index in [-0.39, 0.29) is 24.0 Å². The van der Waals surface area contributed by atoms with Gasteiger partial charge in [-0.25, -0.2) is 4.99 Å². The molecule has 1 aromatic rings. The minimum Gasteiger partial charge on any atom is -0.379 e. The molecule has 0 amide bonds. The van der Waals surface area contributed by atoms with Gasteiger partial charge in [0.25, 0.3) is 0 Å². The minimum atomic E-state index is 0. The van der Waals surface area contributed by atoms with Gasteiger partial charge in [-0.15, -0.1) is 24.0 Å². The number of likely N-dealkylation sites (tertiary alicyclic amines) is 1. The van der Waals surface area contributed by atoms with Crippen LogP contribution in [0.5, 0.6) is 0 Å². The number of guanidine groups is 1. The average molecular weight is 544 g/mol. The topological polar surface area (TPSA) is 52.1 Å². The smallest absolute Gasteiger partial charge is 0.191 e. The molecule has 0 bridgehead atoms. The lowest BCUT2D eigenvalue weighted by atomic mass is 10.1. The number of benzene rings is 1. The monoisotopic (exact) mass is 543 g/mol. The number of nitrogens with one attached hydrogen (secondary N) is 2. The molecule has 2 N–H and O–H groups in total. The molecule has 1 aromatic carbocycles. The van der Waals surface area contributed by atoms with Crippen LogP contribution in [0.15, 0.2) is 29.3 Å². The van der Waals surface area contributed by atoms with Gasteiger partial charge in [0.15, 0.2) is 5.96 Å². The summed E-state index contributed by atoms with van der Waals surface area (Å²) in [5, 5.41) is 6.87. The molecule has 2 aliphatic rings. The van der Waals surface area contributed by atoms with Crippen LogP contribution in [0.25, 0.3) is 0 Å². The van der Waals surface area contributed by atoms with Gasteiger partial charge in [-0.3, -0.25) is 9.80 Å². The Balaban J connectivity index is 0.00000341. The molecule has 0 spiro atoms. The lowest BCUT2D eigenvalue weighted by Gasteiger charge is -2.26. The summed E-state index contributed by atoms with van der Waals surface area (Å²) in [5.74, 6) is 0.914. The Bertz CT molecular complexity index is 628. The van der Waals surface area contributed by atoms with Crippen LogP contribution >= 0.6 is 24.0 Å². The van der Waals surface area contributed by atoms with Gasteiger partial charge < -0.3 is 15.4 Å². The van der Waals surface area contributed by atoms with E-state index in [4.69, 9.17) is 9.73 Å². The normalized spacial score (nSPS) is 18.8. The third kappa shape index (κ3) is 10.5. The van der Waals surface area contributed by atoms with E-state index >= 15 is 0 Å². The summed E-state index contributed by atoms with van der Waals surface area (Å²) in [6.45, 7) is 13.2. The molecule has 2 saturated heterocycles. The highest BCUT2D eigenvalue weighted by Crippen LogP contribution is 2.14. The Hall–Kier alpha value is -0.900. The number of rotatable bonds is 9. The van der Waals surface area contributed by atoms with Gasteiger partial charge >= 0.3 is 0 Å². The van der Waals surface area contributed by atoms with E-state index in [2.05, 4.69) is 51.6 Å². The summed E-state index contributed by atoms with van der Waals surface area (Å²) in [7, 11) is 0. The molecule has 2 heterocycles. The number of nitrogens with zero attached hydrogens (tertiary/aromatic N) is 3. The second-order valence-electron chi connectivity index (χ2n) is 8.44. The standard InChI is InChI=1S/C24H41N5O.HI/c1-2-25-24(26-11-8-14-28-15-17-30-18-16-28)27-20-22-9-7-10-23(19-22)21-29-12-5-3-4-6-13-29;/h7,9-10,19H,2-6,8,11-18,20-21H2,1H3,(H2,25,26,27);1H. The van der Waals surface area contributed by atoms with Crippen molar-refractivity contribution < 1.29 is 4.74 Å². The molecule has 0 aromatic heterocycles. The first kappa shape index (κ1) is 26.4. The molecular formula is C24H42IN5O. The van der Waals surface area contributed by atoms with Crippen LogP contribution in [0, 0.1) is 0 Å². The number of hydrogen-bond donors (Lipinski definition) is 2. The van der Waals surface area contributed by atoms with E-state index in [1.807, 2.05) is 0 Å². The second-order valence-corrected chi connectivity index (χ2v) is 8.44. The van der Waals surface area contributed by atoms with Crippen LogP contribution in [0.4, 0.5) is 0 Å². The average Bonchev–Trinajstić information content (AvgIpc) is 3.04. The molecule has 0 radical (unpaired) electrons. The number of hydrogen-bond acceptors (Lipinski definition) is 4. The maximum absolute atomic E-state index is 5.42. The largest absolute Gasteiger partial charge is 0.379 e. The van der Waals surface area contributed by atoms with Crippen molar-refractivity contribution in [3.8, 4) is 0 Å². The van der Waals surface area contributed by atoms with Crippen LogP contribution in [0.1, 0.15) is 50.2 Å². The fourth-order valence-corrected chi connectivity index (χ4v) is 4.23. The van der Waals surface area contributed by atoms with Gasteiger partial charge in [-0.1, -0.05) is 37.1 Å². The molecule has 176 valence electrons. The predicted octanol–water partition coefficient (Wildman–Crippen LogP) is 3.46. The third-order valence-corrected chi connectivity index (χ3v) is 5.91. The quantitative estimate of drug-likeness (QED) is 0.216. The lowest BCUT2D eigenvalue weighted by Crippen LogP contribution is -2.40. The number of aliphatic imine (C=N–C) groups is 1. The zero-order valence-corrected chi connectivity index (χ0v) is 21.6. The van der Waals surface area contributed by atoms with E-state index in [1.165, 1.54) is 49.9 Å². The van der Waals surface area contributed by atoms with E-state index in [0.29, 0.717) is 6.54 Å². The molecule has 0 aliphatic carbocycles. The molecule has 6 nitrogen and oxygen atoms in total. The first-order valence-corrected chi connectivity index (χ1v) is 12.0. The summed E-state index contributed by atoms with van der Waals surface area (Å²) in [6.07, 6.45) is 6.58. The predicted molar refractivity (Wildman–Crippen MR) is 140 cm³/mol. The van der Waals surface area contributed by atoms with Crippen molar-refractivity contribution in [3.05, 3.63) is 35.4 Å². The van der Waals surface area contributed by atoms with Gasteiger partial charge in [0.2, 0.25) is 0 Å². The fourth-order valence-electron chi connectivity index (χ4n) is 4.23. The van der Waals surface area contributed by atoms with Gasteiger partial charge in [0.05, 0.1) is 19.8 Å². The number of morpholine rings is 1. The van der Waals surface area contributed by atoms with Crippen molar-refractivity contribution in [2.24, 2.45) is 4.99 Å². The van der Waals surface area contributed by atoms with Crippen LogP contribution in [-0.4, -0.2) is 74.8 Å². The van der Waals surface area contributed by atoms with E-state index < -0.39 is 0 Å². The van der Waals surface area contributed by atoms with Crippen LogP contribution in [0.2, 0.25) is 0 Å². The summed E-state index contributed by atoms with van der Waals surface area (Å²) >= 11 is 0. The van der Waals surface area contributed by atoms with Crippen molar-refractivity contribution in [2.75, 3.05) is 59.0 Å². The fraction of sp³-hybridized carbons (Fsp3) is 0.708. The SMILES string of the molecule is CCNC(=NCc1cccc(CN2CCCCCC2)c1)NCCCN1CCOCC1.I. The zero-order valence-electron chi connectivity index (χ0n) is 19.3. The molecular weight excluding hydrogens is 501 g/mol. The molecule has 2 aliphatic heterocycles. The van der Waals surface area contributed by atoms with Crippen LogP contribution < -0.4 is 10.6 Å². The zero-order chi connectivity index (χ0) is 20.9. The molecule has 0 unspecified atom stereocenters. The number of halogens is 1. The van der Waals surface area contributed by atoms with Crippen molar-refractivity contribution >= 4 is 29.9 Å². The lowest BCUT2D eigenvalue weighted by molar-refractivity contribution is 0.0376. The van der Waals surface area contributed by atoms with Gasteiger partial charge in [0.1, 0.15) is 0 Å². The first-order chi connectivity index (χ1) is 14.8. The molecule has 0 atom stereocenters. The maximum Gasteiger partial charge on any atom is 0.191 e. The first-order valence-electron chi connectivity index (χ1n) is 12.0. The Morgan fingerprint density at radius 2 is 1.71 bits per heavy atom. The van der Waals surface area contributed by atoms with Crippen molar-refractivity contribution in [2.45, 2.75) is 52.1 Å². The van der Waals surface area contributed by atoms with E-state index in [1.54, 1.807) is 0 Å². The molecule has 2 fully saturated rings. The molecule has 3 rings (SSSR count). The van der Waals surface area contributed by atoms with E-state index in [9.17, 15) is 0 Å². The van der Waals surface area contributed by atoms with Crippen LogP contribution in [0.3, 0.4) is 0 Å². The van der Waals surface area contributed by atoms with Crippen molar-refractivity contribution in [1.29, 1.82) is 0 Å². The highest BCUT2D eigenvalue weighted by Gasteiger charge is 2.10. The Labute approximate surface area is 206 Å². The minimum absolute atomic E-state index is 0. The molecule has 31 heavy (non-hydrogen) atoms. The Kier molecular flexibility index (Phi) is 13.5. The second kappa shape index (κ2) is 15.8. The van der Waals surface area contributed by atoms with Gasteiger partial charge in [-0.05, 0) is 56.9 Å². The summed E-state index contributed by atoms with van der Waals surface area (Å²) in [4.78, 5) is 9.90. The maximum atomic E-state index is 5.42. The third-order valence-electron chi connectivity index (χ3n) is 5.91. The highest BCUT2D eigenvalue weighted by atomic mass is 127. The van der Waals surface area contributed by atoms with E-state index in [0.717, 1.165) is 64.9 Å². The van der Waals surface area contributed by atoms with Crippen molar-refractivity contribution in [3.63, 3.8) is 0 Å².